The monoisotopic (exact) mass is 583 g/mol. The highest BCUT2D eigenvalue weighted by Gasteiger charge is 2.34. The predicted molar refractivity (Wildman–Crippen MR) is 152 cm³/mol. The minimum absolute atomic E-state index is 0.171. The van der Waals surface area contributed by atoms with Crippen molar-refractivity contribution in [3.63, 3.8) is 0 Å². The van der Waals surface area contributed by atoms with Gasteiger partial charge in [0, 0.05) is 43.5 Å². The van der Waals surface area contributed by atoms with Gasteiger partial charge in [0.25, 0.3) is 0 Å². The molecule has 4 heterocycles. The molecule has 1 aromatic heterocycles. The summed E-state index contributed by atoms with van der Waals surface area (Å²) in [6.45, 7) is 7.24. The summed E-state index contributed by atoms with van der Waals surface area (Å²) in [6, 6.07) is 7.74. The van der Waals surface area contributed by atoms with Crippen molar-refractivity contribution in [2.75, 3.05) is 56.2 Å². The van der Waals surface area contributed by atoms with Gasteiger partial charge in [0.05, 0.1) is 36.3 Å². The van der Waals surface area contributed by atoms with Crippen molar-refractivity contribution in [1.29, 1.82) is 5.26 Å². The maximum atomic E-state index is 13.5. The Hall–Kier alpha value is -3.85. The van der Waals surface area contributed by atoms with Crippen molar-refractivity contribution in [1.82, 2.24) is 19.8 Å². The normalized spacial score (nSPS) is 21.5. The van der Waals surface area contributed by atoms with E-state index in [4.69, 9.17) is 14.7 Å². The zero-order valence-electron chi connectivity index (χ0n) is 23.8. The molecule has 9 nitrogen and oxygen atoms in total. The van der Waals surface area contributed by atoms with E-state index >= 15 is 0 Å². The fourth-order valence-electron chi connectivity index (χ4n) is 6.11. The number of carbonyl (C=O) groups is 1. The molecular formula is C30H36F3N7O2. The summed E-state index contributed by atoms with van der Waals surface area (Å²) in [5.74, 6) is 0.493. The molecule has 2 saturated heterocycles. The van der Waals surface area contributed by atoms with Crippen LogP contribution in [0.1, 0.15) is 42.5 Å². The topological polar surface area (TPSA) is 88.8 Å². The Morgan fingerprint density at radius 3 is 2.71 bits per heavy atom. The number of anilines is 2. The highest BCUT2D eigenvalue weighted by Crippen LogP contribution is 2.35. The van der Waals surface area contributed by atoms with E-state index in [0.717, 1.165) is 31.0 Å². The maximum Gasteiger partial charge on any atom is 0.416 e. The third kappa shape index (κ3) is 6.46. The fraction of sp³-hybridized carbons (Fsp3) is 0.533. The van der Waals surface area contributed by atoms with Crippen molar-refractivity contribution < 1.29 is 22.7 Å². The van der Waals surface area contributed by atoms with Crippen LogP contribution in [0.15, 0.2) is 36.9 Å². The molecule has 1 amide bonds. The number of ether oxygens (including phenoxy) is 1. The second kappa shape index (κ2) is 12.6. The minimum Gasteiger partial charge on any atom is -0.462 e. The number of halogens is 3. The number of hydrogen-bond donors (Lipinski definition) is 0. The number of fused-ring (bicyclic) bond motifs is 1. The number of nitrogens with zero attached hydrogens (tertiary/aromatic N) is 7. The Kier molecular flexibility index (Phi) is 8.87. The summed E-state index contributed by atoms with van der Waals surface area (Å²) >= 11 is 0. The molecule has 1 unspecified atom stereocenters. The van der Waals surface area contributed by atoms with Crippen LogP contribution in [0.25, 0.3) is 0 Å². The Labute approximate surface area is 244 Å². The number of hydrogen-bond acceptors (Lipinski definition) is 8. The SMILES string of the molecule is C=CC(=O)N1CCN(c2nc(OC[C@@H]3CCCN3C)nc3c2CCCN(c2cccc(C(F)(F)F)c2)C3)CC1CC#N. The minimum atomic E-state index is -4.43. The second-order valence-corrected chi connectivity index (χ2v) is 11.1. The lowest BCUT2D eigenvalue weighted by Crippen LogP contribution is -2.55. The second-order valence-electron chi connectivity index (χ2n) is 11.1. The Morgan fingerprint density at radius 1 is 1.17 bits per heavy atom. The number of alkyl halides is 3. The van der Waals surface area contributed by atoms with Crippen LogP contribution in [0.5, 0.6) is 6.01 Å². The molecule has 0 aliphatic carbocycles. The summed E-state index contributed by atoms with van der Waals surface area (Å²) in [5.41, 5.74) is 1.44. The Morgan fingerprint density at radius 2 is 2.00 bits per heavy atom. The van der Waals surface area contributed by atoms with E-state index in [1.165, 1.54) is 18.2 Å². The van der Waals surface area contributed by atoms with Crippen LogP contribution in [-0.2, 0) is 23.9 Å². The molecule has 42 heavy (non-hydrogen) atoms. The van der Waals surface area contributed by atoms with Gasteiger partial charge in [0.1, 0.15) is 12.4 Å². The van der Waals surface area contributed by atoms with Gasteiger partial charge in [-0.1, -0.05) is 12.6 Å². The first kappa shape index (κ1) is 29.6. The summed E-state index contributed by atoms with van der Waals surface area (Å²) in [6.07, 6.45) is 0.463. The largest absolute Gasteiger partial charge is 0.462 e. The number of rotatable bonds is 7. The lowest BCUT2D eigenvalue weighted by molar-refractivity contribution is -0.137. The van der Waals surface area contributed by atoms with Gasteiger partial charge >= 0.3 is 12.2 Å². The van der Waals surface area contributed by atoms with Crippen LogP contribution in [0, 0.1) is 11.3 Å². The van der Waals surface area contributed by atoms with E-state index in [-0.39, 0.29) is 30.4 Å². The Bertz CT molecular complexity index is 1350. The van der Waals surface area contributed by atoms with Crippen LogP contribution in [0.3, 0.4) is 0 Å². The molecule has 0 radical (unpaired) electrons. The molecule has 2 atom stereocenters. The summed E-state index contributed by atoms with van der Waals surface area (Å²) in [7, 11) is 2.07. The van der Waals surface area contributed by atoms with Crippen molar-refractivity contribution in [3.05, 3.63) is 53.7 Å². The highest BCUT2D eigenvalue weighted by molar-refractivity contribution is 5.87. The summed E-state index contributed by atoms with van der Waals surface area (Å²) in [4.78, 5) is 30.1. The summed E-state index contributed by atoms with van der Waals surface area (Å²) < 4.78 is 46.6. The molecule has 1 aromatic carbocycles. The quantitative estimate of drug-likeness (QED) is 0.452. The third-order valence-electron chi connectivity index (χ3n) is 8.43. The van der Waals surface area contributed by atoms with Crippen molar-refractivity contribution in [3.8, 4) is 12.1 Å². The van der Waals surface area contributed by atoms with Gasteiger partial charge in [-0.05, 0) is 63.6 Å². The van der Waals surface area contributed by atoms with Gasteiger partial charge in [-0.2, -0.15) is 28.4 Å². The third-order valence-corrected chi connectivity index (χ3v) is 8.43. The molecule has 5 rings (SSSR count). The molecule has 0 bridgehead atoms. The number of carbonyl (C=O) groups excluding carboxylic acids is 1. The highest BCUT2D eigenvalue weighted by atomic mass is 19.4. The lowest BCUT2D eigenvalue weighted by atomic mass is 10.1. The van der Waals surface area contributed by atoms with Gasteiger partial charge in [-0.3, -0.25) is 4.79 Å². The number of aromatic nitrogens is 2. The van der Waals surface area contributed by atoms with E-state index in [1.807, 2.05) is 4.90 Å². The molecule has 2 fully saturated rings. The first-order valence-electron chi connectivity index (χ1n) is 14.4. The average molecular weight is 584 g/mol. The number of benzene rings is 1. The van der Waals surface area contributed by atoms with Crippen LogP contribution in [0.4, 0.5) is 24.7 Å². The number of piperazine rings is 1. The molecule has 224 valence electrons. The van der Waals surface area contributed by atoms with Gasteiger partial charge in [0.15, 0.2) is 0 Å². The molecule has 3 aliphatic heterocycles. The van der Waals surface area contributed by atoms with E-state index in [9.17, 15) is 23.2 Å². The standard InChI is InChI=1S/C30H36F3N7O2/c1-3-27(41)40-16-15-39(18-23(40)11-12-34)28-25-10-6-14-38(22-8-4-7-21(17-22)30(31,32)33)19-26(25)35-29(36-28)42-20-24-9-5-13-37(24)2/h3-4,7-8,17,23-24H,1,5-6,9-11,13-16,18-20H2,2H3/t23?,24-/m0/s1. The lowest BCUT2D eigenvalue weighted by Gasteiger charge is -2.41. The van der Waals surface area contributed by atoms with Gasteiger partial charge in [0.2, 0.25) is 5.91 Å². The van der Waals surface area contributed by atoms with Crippen molar-refractivity contribution in [2.24, 2.45) is 0 Å². The van der Waals surface area contributed by atoms with Crippen LogP contribution in [-0.4, -0.2) is 84.1 Å². The zero-order valence-corrected chi connectivity index (χ0v) is 23.8. The van der Waals surface area contributed by atoms with Crippen molar-refractivity contribution >= 4 is 17.4 Å². The van der Waals surface area contributed by atoms with Crippen LogP contribution < -0.4 is 14.5 Å². The maximum absolute atomic E-state index is 13.5. The van der Waals surface area contributed by atoms with E-state index < -0.39 is 11.7 Å². The molecule has 0 saturated carbocycles. The first-order valence-corrected chi connectivity index (χ1v) is 14.4. The van der Waals surface area contributed by atoms with Gasteiger partial charge < -0.3 is 24.3 Å². The smallest absolute Gasteiger partial charge is 0.416 e. The molecule has 3 aliphatic rings. The van der Waals surface area contributed by atoms with E-state index in [0.29, 0.717) is 69.4 Å². The van der Waals surface area contributed by atoms with Gasteiger partial charge in [-0.15, -0.1) is 0 Å². The molecular weight excluding hydrogens is 547 g/mol. The number of likely N-dealkylation sites (tertiary alicyclic amines) is 1. The predicted octanol–water partition coefficient (Wildman–Crippen LogP) is 4.04. The van der Waals surface area contributed by atoms with Crippen molar-refractivity contribution in [2.45, 2.75) is 56.9 Å². The van der Waals surface area contributed by atoms with Crippen LogP contribution in [0.2, 0.25) is 0 Å². The average Bonchev–Trinajstić information content (AvgIpc) is 3.26. The number of nitriles is 1. The molecule has 12 heteroatoms. The first-order chi connectivity index (χ1) is 20.2. The molecule has 0 spiro atoms. The van der Waals surface area contributed by atoms with E-state index in [1.54, 1.807) is 11.0 Å². The molecule has 0 N–H and O–H groups in total. The van der Waals surface area contributed by atoms with E-state index in [2.05, 4.69) is 29.5 Å². The van der Waals surface area contributed by atoms with Gasteiger partial charge in [-0.25, -0.2) is 0 Å². The fourth-order valence-corrected chi connectivity index (χ4v) is 6.11. The number of amides is 1. The number of likely N-dealkylation sites (N-methyl/N-ethyl adjacent to an activating group) is 1. The zero-order chi connectivity index (χ0) is 29.9. The summed E-state index contributed by atoms with van der Waals surface area (Å²) in [5, 5.41) is 9.47. The Balaban J connectivity index is 1.48. The van der Waals surface area contributed by atoms with Crippen LogP contribution >= 0.6 is 0 Å². The molecule has 2 aromatic rings.